The van der Waals surface area contributed by atoms with Crippen LogP contribution in [0.1, 0.15) is 66.9 Å². The number of carbonyl (C=O) groups is 2. The number of nitrogens with zero attached hydrogens (tertiary/aromatic N) is 1. The molecule has 0 N–H and O–H groups in total. The molecule has 166 valence electrons. The first-order chi connectivity index (χ1) is 14.9. The van der Waals surface area contributed by atoms with Crippen molar-refractivity contribution in [2.75, 3.05) is 13.6 Å². The minimum absolute atomic E-state index is 0.0311. The van der Waals surface area contributed by atoms with Gasteiger partial charge < -0.3 is 4.90 Å². The summed E-state index contributed by atoms with van der Waals surface area (Å²) < 4.78 is 13.1. The highest BCUT2D eigenvalue weighted by Crippen LogP contribution is 2.28. The van der Waals surface area contributed by atoms with Crippen LogP contribution in [0.5, 0.6) is 0 Å². The van der Waals surface area contributed by atoms with E-state index in [-0.39, 0.29) is 17.4 Å². The molecule has 0 radical (unpaired) electrons. The lowest BCUT2D eigenvalue weighted by Gasteiger charge is -2.37. The maximum atomic E-state index is 13.1. The molecule has 2 aromatic carbocycles. The van der Waals surface area contributed by atoms with Crippen molar-refractivity contribution in [1.82, 2.24) is 4.90 Å². The summed E-state index contributed by atoms with van der Waals surface area (Å²) in [5, 5.41) is 0. The zero-order valence-electron chi connectivity index (χ0n) is 18.8. The van der Waals surface area contributed by atoms with Crippen LogP contribution in [0.4, 0.5) is 4.39 Å². The van der Waals surface area contributed by atoms with Crippen LogP contribution in [-0.2, 0) is 17.6 Å². The van der Waals surface area contributed by atoms with Gasteiger partial charge in [-0.2, -0.15) is 0 Å². The highest BCUT2D eigenvalue weighted by atomic mass is 19.1. The molecular weight excluding hydrogens is 389 g/mol. The molecule has 1 aliphatic heterocycles. The van der Waals surface area contributed by atoms with Gasteiger partial charge in [0, 0.05) is 24.4 Å². The lowest BCUT2D eigenvalue weighted by Crippen LogP contribution is -2.40. The smallest absolute Gasteiger partial charge is 0.159 e. The summed E-state index contributed by atoms with van der Waals surface area (Å²) in [4.78, 5) is 26.3. The number of hydrogen-bond donors (Lipinski definition) is 0. The molecule has 0 spiro atoms. The Kier molecular flexibility index (Phi) is 8.53. The van der Waals surface area contributed by atoms with Gasteiger partial charge in [0.25, 0.3) is 0 Å². The summed E-state index contributed by atoms with van der Waals surface area (Å²) in [6.45, 7) is 2.65. The Morgan fingerprint density at radius 1 is 1.06 bits per heavy atom. The topological polar surface area (TPSA) is 37.4 Å². The largest absolute Gasteiger partial charge is 0.303 e. The molecule has 1 fully saturated rings. The second kappa shape index (κ2) is 11.3. The summed E-state index contributed by atoms with van der Waals surface area (Å²) in [7, 11) is 2.20. The molecule has 3 nitrogen and oxygen atoms in total. The number of hydrogen-bond acceptors (Lipinski definition) is 3. The maximum Gasteiger partial charge on any atom is 0.159 e. The second-order valence-corrected chi connectivity index (χ2v) is 9.07. The average molecular weight is 424 g/mol. The van der Waals surface area contributed by atoms with E-state index in [1.54, 1.807) is 25.1 Å². The summed E-state index contributed by atoms with van der Waals surface area (Å²) in [5.41, 5.74) is 2.81. The van der Waals surface area contributed by atoms with E-state index < -0.39 is 0 Å². The van der Waals surface area contributed by atoms with Crippen molar-refractivity contribution in [2.24, 2.45) is 5.92 Å². The molecule has 2 atom stereocenters. The molecule has 0 aliphatic carbocycles. The predicted octanol–water partition coefficient (Wildman–Crippen LogP) is 5.65. The maximum absolute atomic E-state index is 13.1. The number of ketones is 2. The molecule has 31 heavy (non-hydrogen) atoms. The van der Waals surface area contributed by atoms with E-state index in [9.17, 15) is 14.0 Å². The third-order valence-electron chi connectivity index (χ3n) is 6.53. The molecule has 1 heterocycles. The number of rotatable bonds is 10. The number of Topliss-reactive ketones (excluding diaryl/α,β-unsaturated/α-hetero) is 2. The average Bonchev–Trinajstić information content (AvgIpc) is 2.75. The Balaban J connectivity index is 1.39. The van der Waals surface area contributed by atoms with Crippen LogP contribution in [0, 0.1) is 11.7 Å². The van der Waals surface area contributed by atoms with E-state index in [1.165, 1.54) is 18.4 Å². The van der Waals surface area contributed by atoms with Crippen molar-refractivity contribution in [3.63, 3.8) is 0 Å². The van der Waals surface area contributed by atoms with Crippen molar-refractivity contribution in [3.05, 3.63) is 71.0 Å². The van der Waals surface area contributed by atoms with Gasteiger partial charge in [-0.05, 0) is 87.9 Å². The van der Waals surface area contributed by atoms with Crippen molar-refractivity contribution in [2.45, 2.75) is 64.3 Å². The monoisotopic (exact) mass is 423 g/mol. The molecule has 4 heteroatoms. The number of carbonyl (C=O) groups excluding carboxylic acids is 2. The Bertz CT molecular complexity index is 877. The third-order valence-corrected chi connectivity index (χ3v) is 6.53. The molecule has 0 aromatic heterocycles. The van der Waals surface area contributed by atoms with Gasteiger partial charge in [0.1, 0.15) is 11.6 Å². The molecule has 0 bridgehead atoms. The molecule has 2 aromatic rings. The summed E-state index contributed by atoms with van der Waals surface area (Å²) >= 11 is 0. The molecule has 1 aliphatic rings. The Morgan fingerprint density at radius 2 is 1.84 bits per heavy atom. The highest BCUT2D eigenvalue weighted by molar-refractivity contribution is 5.94. The normalized spacial score (nSPS) is 19.3. The Labute approximate surface area is 185 Å². The standard InChI is InChI=1S/C27H34FNO2/c1-20(30)24-7-5-6-22(17-24)19-27(31)9-4-3-8-26-18-23(14-15-29(26)2)16-21-10-12-25(28)13-11-21/h5-7,10-13,17,23,26H,3-4,8-9,14-16,18-19H2,1-2H3/t23-,26-/m0/s1. The van der Waals surface area contributed by atoms with Gasteiger partial charge in [0.2, 0.25) is 0 Å². The molecule has 0 unspecified atom stereocenters. The van der Waals surface area contributed by atoms with Gasteiger partial charge in [-0.15, -0.1) is 0 Å². The number of piperidine rings is 1. The van der Waals surface area contributed by atoms with E-state index >= 15 is 0 Å². The van der Waals surface area contributed by atoms with Crippen LogP contribution in [0.25, 0.3) is 0 Å². The quantitative estimate of drug-likeness (QED) is 0.366. The number of likely N-dealkylation sites (tertiary alicyclic amines) is 1. The fourth-order valence-corrected chi connectivity index (χ4v) is 4.65. The lowest BCUT2D eigenvalue weighted by molar-refractivity contribution is -0.118. The van der Waals surface area contributed by atoms with Crippen LogP contribution in [0.2, 0.25) is 0 Å². The minimum atomic E-state index is -0.175. The van der Waals surface area contributed by atoms with Gasteiger partial charge >= 0.3 is 0 Å². The van der Waals surface area contributed by atoms with Crippen molar-refractivity contribution in [1.29, 1.82) is 0 Å². The first kappa shape index (κ1) is 23.3. The summed E-state index contributed by atoms with van der Waals surface area (Å²) in [6.07, 6.45) is 7.45. The van der Waals surface area contributed by atoms with Crippen LogP contribution in [0.15, 0.2) is 48.5 Å². The molecule has 0 saturated carbocycles. The lowest BCUT2D eigenvalue weighted by atomic mass is 9.84. The number of halogens is 1. The molecule has 3 rings (SSSR count). The van der Waals surface area contributed by atoms with Gasteiger partial charge in [-0.25, -0.2) is 4.39 Å². The first-order valence-electron chi connectivity index (χ1n) is 11.5. The van der Waals surface area contributed by atoms with Gasteiger partial charge in [0.05, 0.1) is 0 Å². The molecular formula is C27H34FNO2. The molecule has 1 saturated heterocycles. The Morgan fingerprint density at radius 3 is 2.58 bits per heavy atom. The van der Waals surface area contributed by atoms with E-state index in [1.807, 2.05) is 30.3 Å². The zero-order valence-corrected chi connectivity index (χ0v) is 18.8. The van der Waals surface area contributed by atoms with Gasteiger partial charge in [-0.3, -0.25) is 9.59 Å². The van der Waals surface area contributed by atoms with Crippen LogP contribution < -0.4 is 0 Å². The van der Waals surface area contributed by atoms with E-state index in [0.29, 0.717) is 30.4 Å². The second-order valence-electron chi connectivity index (χ2n) is 9.07. The SMILES string of the molecule is CC(=O)c1cccc(CC(=O)CCCC[C@H]2C[C@H](Cc3ccc(F)cc3)CCN2C)c1. The Hall–Kier alpha value is -2.33. The predicted molar refractivity (Wildman–Crippen MR) is 123 cm³/mol. The van der Waals surface area contributed by atoms with Crippen LogP contribution in [-0.4, -0.2) is 36.1 Å². The number of benzene rings is 2. The van der Waals surface area contributed by atoms with Crippen LogP contribution in [0.3, 0.4) is 0 Å². The first-order valence-corrected chi connectivity index (χ1v) is 11.5. The highest BCUT2D eigenvalue weighted by Gasteiger charge is 2.25. The van der Waals surface area contributed by atoms with E-state index in [0.717, 1.165) is 37.8 Å². The number of unbranched alkanes of at least 4 members (excludes halogenated alkanes) is 1. The zero-order chi connectivity index (χ0) is 22.2. The summed E-state index contributed by atoms with van der Waals surface area (Å²) in [5.74, 6) is 0.739. The third kappa shape index (κ3) is 7.39. The summed E-state index contributed by atoms with van der Waals surface area (Å²) in [6, 6.07) is 14.9. The van der Waals surface area contributed by atoms with Crippen molar-refractivity contribution >= 4 is 11.6 Å². The van der Waals surface area contributed by atoms with E-state index in [2.05, 4.69) is 11.9 Å². The minimum Gasteiger partial charge on any atom is -0.303 e. The van der Waals surface area contributed by atoms with E-state index in [4.69, 9.17) is 0 Å². The van der Waals surface area contributed by atoms with Crippen molar-refractivity contribution in [3.8, 4) is 0 Å². The van der Waals surface area contributed by atoms with Gasteiger partial charge in [-0.1, -0.05) is 36.8 Å². The molecule has 0 amide bonds. The van der Waals surface area contributed by atoms with Gasteiger partial charge in [0.15, 0.2) is 5.78 Å². The van der Waals surface area contributed by atoms with Crippen LogP contribution >= 0.6 is 0 Å². The fourth-order valence-electron chi connectivity index (χ4n) is 4.65. The fraction of sp³-hybridized carbons (Fsp3) is 0.481. The van der Waals surface area contributed by atoms with Crippen molar-refractivity contribution < 1.29 is 14.0 Å².